The predicted molar refractivity (Wildman–Crippen MR) is 87.2 cm³/mol. The summed E-state index contributed by atoms with van der Waals surface area (Å²) >= 11 is 5.75. The Hall–Kier alpha value is -2.60. The van der Waals surface area contributed by atoms with Crippen LogP contribution in [0.1, 0.15) is 15.9 Å². The maximum absolute atomic E-state index is 11.8. The van der Waals surface area contributed by atoms with Crippen molar-refractivity contribution < 1.29 is 14.5 Å². The van der Waals surface area contributed by atoms with Crippen LogP contribution in [0.4, 0.5) is 5.69 Å². The number of nitro benzene ring substituents is 1. The minimum atomic E-state index is -0.517. The van der Waals surface area contributed by atoms with Gasteiger partial charge in [0.2, 0.25) is 5.75 Å². The maximum Gasteiger partial charge on any atom is 0.311 e. The summed E-state index contributed by atoms with van der Waals surface area (Å²) in [5.74, 6) is 0.603. The fourth-order valence-electron chi connectivity index (χ4n) is 1.92. The van der Waals surface area contributed by atoms with Crippen molar-refractivity contribution in [3.8, 4) is 11.5 Å². The van der Waals surface area contributed by atoms with Crippen LogP contribution in [0, 0.1) is 10.1 Å². The molecule has 0 radical (unpaired) electrons. The zero-order valence-corrected chi connectivity index (χ0v) is 13.4. The molecule has 0 aliphatic heterocycles. The van der Waals surface area contributed by atoms with Gasteiger partial charge in [0.1, 0.15) is 5.75 Å². The summed E-state index contributed by atoms with van der Waals surface area (Å²) < 4.78 is 5.58. The molecule has 0 spiro atoms. The summed E-state index contributed by atoms with van der Waals surface area (Å²) in [5, 5.41) is 11.1. The largest absolute Gasteiger partial charge is 0.450 e. The second-order valence-corrected chi connectivity index (χ2v) is 5.29. The molecule has 2 aromatic rings. The van der Waals surface area contributed by atoms with Gasteiger partial charge in [0, 0.05) is 31.6 Å². The van der Waals surface area contributed by atoms with Crippen LogP contribution in [0.5, 0.6) is 11.5 Å². The number of nitro groups is 1. The Morgan fingerprint density at radius 2 is 1.87 bits per heavy atom. The highest BCUT2D eigenvalue weighted by Gasteiger charge is 2.16. The Bertz CT molecular complexity index is 729. The van der Waals surface area contributed by atoms with Gasteiger partial charge in [0.05, 0.1) is 4.92 Å². The Morgan fingerprint density at radius 1 is 1.22 bits per heavy atom. The molecule has 0 atom stereocenters. The van der Waals surface area contributed by atoms with Gasteiger partial charge >= 0.3 is 5.69 Å². The molecule has 0 unspecified atom stereocenters. The van der Waals surface area contributed by atoms with E-state index in [-0.39, 0.29) is 23.2 Å². The number of alkyl halides is 1. The van der Waals surface area contributed by atoms with E-state index in [0.29, 0.717) is 16.9 Å². The van der Waals surface area contributed by atoms with Gasteiger partial charge in [-0.1, -0.05) is 6.07 Å². The average Bonchev–Trinajstić information content (AvgIpc) is 2.54. The second-order valence-electron chi connectivity index (χ2n) is 5.02. The molecule has 2 aromatic carbocycles. The molecule has 0 aliphatic rings. The summed E-state index contributed by atoms with van der Waals surface area (Å²) in [7, 11) is 3.32. The van der Waals surface area contributed by atoms with Crippen molar-refractivity contribution in [3.05, 3.63) is 63.7 Å². The van der Waals surface area contributed by atoms with Gasteiger partial charge in [-0.2, -0.15) is 0 Å². The molecule has 7 heteroatoms. The first kappa shape index (κ1) is 16.8. The van der Waals surface area contributed by atoms with Crippen LogP contribution in [0.15, 0.2) is 42.5 Å². The number of ether oxygens (including phenoxy) is 1. The summed E-state index contributed by atoms with van der Waals surface area (Å²) in [4.78, 5) is 23.8. The molecule has 0 aliphatic carbocycles. The van der Waals surface area contributed by atoms with E-state index in [4.69, 9.17) is 16.3 Å². The molecule has 6 nitrogen and oxygen atoms in total. The molecule has 23 heavy (non-hydrogen) atoms. The third-order valence-corrected chi connectivity index (χ3v) is 3.42. The van der Waals surface area contributed by atoms with E-state index in [2.05, 4.69) is 0 Å². The molecule has 1 amide bonds. The van der Waals surface area contributed by atoms with E-state index >= 15 is 0 Å². The van der Waals surface area contributed by atoms with Crippen LogP contribution in [0.3, 0.4) is 0 Å². The predicted octanol–water partition coefficient (Wildman–Crippen LogP) is 3.83. The van der Waals surface area contributed by atoms with Crippen LogP contribution in [0.25, 0.3) is 0 Å². The standard InChI is InChI=1S/C16H15ClN2O4/c1-18(2)16(20)12-4-6-13(7-5-12)23-15-9-11(10-17)3-8-14(15)19(21)22/h3-9H,10H2,1-2H3. The normalized spacial score (nSPS) is 10.2. The molecule has 0 N–H and O–H groups in total. The topological polar surface area (TPSA) is 72.7 Å². The number of benzene rings is 2. The SMILES string of the molecule is CN(C)C(=O)c1ccc(Oc2cc(CCl)ccc2[N+](=O)[O-])cc1. The van der Waals surface area contributed by atoms with Crippen LogP contribution < -0.4 is 4.74 Å². The minimum absolute atomic E-state index is 0.111. The Balaban J connectivity index is 2.28. The summed E-state index contributed by atoms with van der Waals surface area (Å²) in [6, 6.07) is 10.9. The van der Waals surface area contributed by atoms with Crippen molar-refractivity contribution in [2.24, 2.45) is 0 Å². The lowest BCUT2D eigenvalue weighted by Crippen LogP contribution is -2.21. The molecule has 0 fully saturated rings. The number of hydrogen-bond donors (Lipinski definition) is 0. The lowest BCUT2D eigenvalue weighted by atomic mass is 10.2. The summed E-state index contributed by atoms with van der Waals surface area (Å²) in [5.41, 5.74) is 1.07. The summed E-state index contributed by atoms with van der Waals surface area (Å²) in [6.45, 7) is 0. The van der Waals surface area contributed by atoms with E-state index in [9.17, 15) is 14.9 Å². The first-order valence-corrected chi connectivity index (χ1v) is 7.28. The van der Waals surface area contributed by atoms with E-state index in [1.807, 2.05) is 0 Å². The molecule has 2 rings (SSSR count). The number of amides is 1. The molecule has 120 valence electrons. The molecule has 0 bridgehead atoms. The van der Waals surface area contributed by atoms with Gasteiger partial charge in [0.25, 0.3) is 5.91 Å². The zero-order chi connectivity index (χ0) is 17.0. The second kappa shape index (κ2) is 7.11. The molecular weight excluding hydrogens is 320 g/mol. The van der Waals surface area contributed by atoms with Gasteiger partial charge < -0.3 is 9.64 Å². The Labute approximate surface area is 138 Å². The lowest BCUT2D eigenvalue weighted by molar-refractivity contribution is -0.385. The van der Waals surface area contributed by atoms with Crippen LogP contribution in [0.2, 0.25) is 0 Å². The zero-order valence-electron chi connectivity index (χ0n) is 12.7. The molecule has 0 aromatic heterocycles. The highest BCUT2D eigenvalue weighted by molar-refractivity contribution is 6.17. The number of carbonyl (C=O) groups excluding carboxylic acids is 1. The Morgan fingerprint density at radius 3 is 2.39 bits per heavy atom. The smallest absolute Gasteiger partial charge is 0.311 e. The van der Waals surface area contributed by atoms with Gasteiger partial charge in [-0.25, -0.2) is 0 Å². The number of nitrogens with zero attached hydrogens (tertiary/aromatic N) is 2. The van der Waals surface area contributed by atoms with Crippen molar-refractivity contribution in [2.45, 2.75) is 5.88 Å². The minimum Gasteiger partial charge on any atom is -0.450 e. The van der Waals surface area contributed by atoms with Crippen molar-refractivity contribution in [3.63, 3.8) is 0 Å². The third kappa shape index (κ3) is 3.98. The molecule has 0 heterocycles. The van der Waals surface area contributed by atoms with Crippen LogP contribution in [-0.2, 0) is 5.88 Å². The van der Waals surface area contributed by atoms with E-state index < -0.39 is 4.92 Å². The monoisotopic (exact) mass is 334 g/mol. The van der Waals surface area contributed by atoms with Crippen molar-refractivity contribution in [2.75, 3.05) is 14.1 Å². The van der Waals surface area contributed by atoms with Gasteiger partial charge in [-0.3, -0.25) is 14.9 Å². The van der Waals surface area contributed by atoms with Gasteiger partial charge in [0.15, 0.2) is 0 Å². The van der Waals surface area contributed by atoms with E-state index in [0.717, 1.165) is 0 Å². The highest BCUT2D eigenvalue weighted by Crippen LogP contribution is 2.32. The number of carbonyl (C=O) groups is 1. The maximum atomic E-state index is 11.8. The van der Waals surface area contributed by atoms with Gasteiger partial charge in [-0.05, 0) is 35.9 Å². The summed E-state index contributed by atoms with van der Waals surface area (Å²) in [6.07, 6.45) is 0. The first-order chi connectivity index (χ1) is 10.9. The van der Waals surface area contributed by atoms with Crippen molar-refractivity contribution >= 4 is 23.2 Å². The van der Waals surface area contributed by atoms with E-state index in [1.54, 1.807) is 44.4 Å². The van der Waals surface area contributed by atoms with Gasteiger partial charge in [-0.15, -0.1) is 11.6 Å². The van der Waals surface area contributed by atoms with Crippen molar-refractivity contribution in [1.29, 1.82) is 0 Å². The number of halogens is 1. The third-order valence-electron chi connectivity index (χ3n) is 3.11. The number of hydrogen-bond acceptors (Lipinski definition) is 4. The quantitative estimate of drug-likeness (QED) is 0.473. The highest BCUT2D eigenvalue weighted by atomic mass is 35.5. The fraction of sp³-hybridized carbons (Fsp3) is 0.188. The van der Waals surface area contributed by atoms with Crippen LogP contribution in [-0.4, -0.2) is 29.8 Å². The van der Waals surface area contributed by atoms with Crippen LogP contribution >= 0.6 is 11.6 Å². The molecule has 0 saturated carbocycles. The molecular formula is C16H15ClN2O4. The first-order valence-electron chi connectivity index (χ1n) is 6.75. The number of rotatable bonds is 5. The lowest BCUT2D eigenvalue weighted by Gasteiger charge is -2.11. The fourth-order valence-corrected chi connectivity index (χ4v) is 2.09. The average molecular weight is 335 g/mol. The molecule has 0 saturated heterocycles. The van der Waals surface area contributed by atoms with Crippen molar-refractivity contribution in [1.82, 2.24) is 4.90 Å². The van der Waals surface area contributed by atoms with E-state index in [1.165, 1.54) is 17.0 Å². The Kier molecular flexibility index (Phi) is 5.18.